The van der Waals surface area contributed by atoms with Gasteiger partial charge in [0, 0.05) is 22.7 Å². The number of aliphatic carboxylic acids is 1. The second-order valence-electron chi connectivity index (χ2n) is 3.94. The fourth-order valence-corrected chi connectivity index (χ4v) is 3.31. The highest BCUT2D eigenvalue weighted by Gasteiger charge is 2.11. The van der Waals surface area contributed by atoms with Crippen LogP contribution in [0.3, 0.4) is 0 Å². The lowest BCUT2D eigenvalue weighted by Crippen LogP contribution is -2.09. The number of carboxylic acid groups (broad SMARTS) is 1. The van der Waals surface area contributed by atoms with Crippen molar-refractivity contribution in [3.8, 4) is 0 Å². The lowest BCUT2D eigenvalue weighted by Gasteiger charge is -2.09. The molecule has 0 aromatic heterocycles. The molecule has 0 fully saturated rings. The van der Waals surface area contributed by atoms with Crippen LogP contribution in [-0.2, 0) is 14.3 Å². The minimum absolute atomic E-state index is 0.174. The lowest BCUT2D eigenvalue weighted by atomic mass is 10.2. The summed E-state index contributed by atoms with van der Waals surface area (Å²) >= 11 is 3.46. The molecular formula is C13H18O4S2. The summed E-state index contributed by atoms with van der Waals surface area (Å²) in [5.74, 6) is 2.74. The summed E-state index contributed by atoms with van der Waals surface area (Å²) in [5, 5.41) is 8.46. The van der Waals surface area contributed by atoms with Crippen LogP contribution in [0.25, 0.3) is 0 Å². The van der Waals surface area contributed by atoms with Crippen molar-refractivity contribution in [2.24, 2.45) is 0 Å². The number of carboxylic acids is 1. The van der Waals surface area contributed by atoms with Gasteiger partial charge in [0.2, 0.25) is 0 Å². The van der Waals surface area contributed by atoms with Crippen LogP contribution in [0.15, 0.2) is 23.3 Å². The number of carbonyl (C=O) groups excluding carboxylic acids is 1. The van der Waals surface area contributed by atoms with E-state index in [4.69, 9.17) is 5.11 Å². The highest BCUT2D eigenvalue weighted by atomic mass is 32.2. The van der Waals surface area contributed by atoms with Gasteiger partial charge < -0.3 is 9.84 Å². The van der Waals surface area contributed by atoms with Crippen LogP contribution < -0.4 is 0 Å². The van der Waals surface area contributed by atoms with Gasteiger partial charge in [-0.05, 0) is 24.3 Å². The summed E-state index contributed by atoms with van der Waals surface area (Å²) in [5.41, 5.74) is 1.38. The van der Waals surface area contributed by atoms with Crippen molar-refractivity contribution >= 4 is 35.5 Å². The van der Waals surface area contributed by atoms with Gasteiger partial charge in [0.1, 0.15) is 0 Å². The zero-order chi connectivity index (χ0) is 14.1. The van der Waals surface area contributed by atoms with Crippen molar-refractivity contribution in [1.29, 1.82) is 0 Å². The van der Waals surface area contributed by atoms with Gasteiger partial charge in [-0.2, -0.15) is 23.5 Å². The number of esters is 1. The highest BCUT2D eigenvalue weighted by molar-refractivity contribution is 7.99. The second-order valence-corrected chi connectivity index (χ2v) is 6.15. The number of ether oxygens (including phenoxy) is 1. The van der Waals surface area contributed by atoms with Crippen molar-refractivity contribution in [2.45, 2.75) is 12.8 Å². The number of hydrogen-bond donors (Lipinski definition) is 1. The fraction of sp³-hybridized carbons (Fsp3) is 0.538. The molecule has 19 heavy (non-hydrogen) atoms. The fourth-order valence-electron chi connectivity index (χ4n) is 1.54. The van der Waals surface area contributed by atoms with Gasteiger partial charge in [0.25, 0.3) is 0 Å². The molecule has 106 valence electrons. The quantitative estimate of drug-likeness (QED) is 0.790. The number of carbonyl (C=O) groups is 2. The van der Waals surface area contributed by atoms with Crippen molar-refractivity contribution in [1.82, 2.24) is 0 Å². The third-order valence-electron chi connectivity index (χ3n) is 2.54. The summed E-state index contributed by atoms with van der Waals surface area (Å²) in [6.07, 6.45) is 5.67. The van der Waals surface area contributed by atoms with E-state index in [1.807, 2.05) is 6.08 Å². The zero-order valence-electron chi connectivity index (χ0n) is 10.9. The van der Waals surface area contributed by atoms with Gasteiger partial charge >= 0.3 is 11.9 Å². The Kier molecular flexibility index (Phi) is 7.74. The minimum atomic E-state index is -0.762. The Morgan fingerprint density at radius 1 is 1.11 bits per heavy atom. The van der Waals surface area contributed by atoms with Gasteiger partial charge in [0.05, 0.1) is 7.11 Å². The lowest BCUT2D eigenvalue weighted by molar-refractivity contribution is -0.136. The van der Waals surface area contributed by atoms with E-state index in [2.05, 4.69) is 4.74 Å². The molecular weight excluding hydrogens is 284 g/mol. The molecule has 4 nitrogen and oxygen atoms in total. The van der Waals surface area contributed by atoms with Crippen LogP contribution in [-0.4, -0.2) is 47.2 Å². The van der Waals surface area contributed by atoms with E-state index in [0.29, 0.717) is 11.3 Å². The first-order valence-electron chi connectivity index (χ1n) is 6.00. The highest BCUT2D eigenvalue weighted by Crippen LogP contribution is 2.17. The zero-order valence-corrected chi connectivity index (χ0v) is 12.5. The first-order valence-corrected chi connectivity index (χ1v) is 8.31. The standard InChI is InChI=1S/C7H10O2S.C6H8O2S/c1-9-7(8)6-3-2-4-10-5-6;7-6(8)5-2-1-3-9-4-5/h3H,2,4-5H2,1H3;2H,1,3-4H2,(H,7,8). The summed E-state index contributed by atoms with van der Waals surface area (Å²) in [7, 11) is 1.42. The Morgan fingerprint density at radius 2 is 1.63 bits per heavy atom. The summed E-state index contributed by atoms with van der Waals surface area (Å²) in [4.78, 5) is 21.1. The Bertz CT molecular complexity index is 388. The maximum atomic E-state index is 10.9. The molecule has 0 saturated heterocycles. The van der Waals surface area contributed by atoms with Crippen LogP contribution in [0.5, 0.6) is 0 Å². The molecule has 1 N–H and O–H groups in total. The van der Waals surface area contributed by atoms with Crippen molar-refractivity contribution < 1.29 is 19.4 Å². The molecule has 0 bridgehead atoms. The van der Waals surface area contributed by atoms with Gasteiger partial charge in [-0.3, -0.25) is 0 Å². The Hall–Kier alpha value is -0.880. The first kappa shape index (κ1) is 16.2. The maximum Gasteiger partial charge on any atom is 0.334 e. The normalized spacial score (nSPS) is 18.4. The molecule has 0 unspecified atom stereocenters. The number of hydrogen-bond acceptors (Lipinski definition) is 5. The van der Waals surface area contributed by atoms with Crippen LogP contribution in [0.4, 0.5) is 0 Å². The largest absolute Gasteiger partial charge is 0.478 e. The topological polar surface area (TPSA) is 63.6 Å². The van der Waals surface area contributed by atoms with Gasteiger partial charge in [-0.1, -0.05) is 12.2 Å². The van der Waals surface area contributed by atoms with Crippen molar-refractivity contribution in [2.75, 3.05) is 30.1 Å². The Labute approximate surface area is 121 Å². The van der Waals surface area contributed by atoms with Crippen LogP contribution in [0.1, 0.15) is 12.8 Å². The number of thioether (sulfide) groups is 2. The predicted octanol–water partition coefficient (Wildman–Crippen LogP) is 2.36. The summed E-state index contributed by atoms with van der Waals surface area (Å²) < 4.78 is 4.57. The van der Waals surface area contributed by atoms with Crippen LogP contribution >= 0.6 is 23.5 Å². The molecule has 0 saturated carbocycles. The molecule has 0 atom stereocenters. The first-order chi connectivity index (χ1) is 9.15. The van der Waals surface area contributed by atoms with Crippen LogP contribution in [0, 0.1) is 0 Å². The third-order valence-corrected chi connectivity index (χ3v) is 4.62. The Balaban J connectivity index is 0.000000191. The Morgan fingerprint density at radius 3 is 1.95 bits per heavy atom. The molecule has 2 aliphatic heterocycles. The summed E-state index contributed by atoms with van der Waals surface area (Å²) in [6.45, 7) is 0. The maximum absolute atomic E-state index is 10.9. The summed E-state index contributed by atoms with van der Waals surface area (Å²) in [6, 6.07) is 0. The molecule has 0 spiro atoms. The predicted molar refractivity (Wildman–Crippen MR) is 79.7 cm³/mol. The average molecular weight is 302 g/mol. The van der Waals surface area contributed by atoms with E-state index in [0.717, 1.165) is 35.7 Å². The van der Waals surface area contributed by atoms with E-state index in [1.54, 1.807) is 29.6 Å². The van der Waals surface area contributed by atoms with E-state index >= 15 is 0 Å². The third kappa shape index (κ3) is 6.20. The van der Waals surface area contributed by atoms with E-state index in [-0.39, 0.29) is 5.97 Å². The number of allylic oxidation sites excluding steroid dienone is 2. The molecule has 0 amide bonds. The molecule has 2 rings (SSSR count). The molecule has 0 aromatic rings. The second kappa shape index (κ2) is 9.09. The van der Waals surface area contributed by atoms with E-state index in [9.17, 15) is 9.59 Å². The van der Waals surface area contributed by atoms with Gasteiger partial charge in [-0.25, -0.2) is 9.59 Å². The minimum Gasteiger partial charge on any atom is -0.478 e. The van der Waals surface area contributed by atoms with E-state index in [1.165, 1.54) is 7.11 Å². The SMILES string of the molecule is COC(=O)C1=CCCSC1.O=C(O)C1=CCCSC1. The van der Waals surface area contributed by atoms with Gasteiger partial charge in [-0.15, -0.1) is 0 Å². The average Bonchev–Trinajstić information content (AvgIpc) is 2.49. The molecule has 6 heteroatoms. The number of rotatable bonds is 2. The molecule has 2 heterocycles. The van der Waals surface area contributed by atoms with Crippen molar-refractivity contribution in [3.63, 3.8) is 0 Å². The van der Waals surface area contributed by atoms with Gasteiger partial charge in [0.15, 0.2) is 0 Å². The van der Waals surface area contributed by atoms with Crippen LogP contribution in [0.2, 0.25) is 0 Å². The van der Waals surface area contributed by atoms with E-state index < -0.39 is 5.97 Å². The smallest absolute Gasteiger partial charge is 0.334 e. The van der Waals surface area contributed by atoms with Crippen molar-refractivity contribution in [3.05, 3.63) is 23.3 Å². The number of methoxy groups -OCH3 is 1. The molecule has 0 radical (unpaired) electrons. The molecule has 0 aliphatic carbocycles. The molecule has 0 aromatic carbocycles. The molecule has 2 aliphatic rings. The monoisotopic (exact) mass is 302 g/mol.